The lowest BCUT2D eigenvalue weighted by molar-refractivity contribution is -0.137. The van der Waals surface area contributed by atoms with Gasteiger partial charge in [-0.3, -0.25) is 4.79 Å². The average molecular weight is 415 g/mol. The van der Waals surface area contributed by atoms with Crippen molar-refractivity contribution in [2.24, 2.45) is 0 Å². The van der Waals surface area contributed by atoms with Crippen LogP contribution in [0.25, 0.3) is 11.0 Å². The van der Waals surface area contributed by atoms with Crippen LogP contribution in [-0.4, -0.2) is 65.9 Å². The predicted octanol–water partition coefficient (Wildman–Crippen LogP) is 0.695. The van der Waals surface area contributed by atoms with E-state index in [1.54, 1.807) is 11.0 Å². The minimum Gasteiger partial charge on any atom is -0.385 e. The second-order valence-electron chi connectivity index (χ2n) is 7.01. The van der Waals surface area contributed by atoms with Crippen molar-refractivity contribution >= 4 is 27.0 Å². The van der Waals surface area contributed by atoms with E-state index in [1.807, 2.05) is 18.2 Å². The molecule has 152 valence electrons. The van der Waals surface area contributed by atoms with Gasteiger partial charge in [-0.2, -0.15) is 0 Å². The Morgan fingerprint density at radius 2 is 1.93 bits per heavy atom. The van der Waals surface area contributed by atoms with Crippen molar-refractivity contribution in [3.63, 3.8) is 0 Å². The molecule has 1 aliphatic heterocycles. The molecule has 4 rings (SSSR count). The van der Waals surface area contributed by atoms with E-state index in [4.69, 9.17) is 4.84 Å². The van der Waals surface area contributed by atoms with E-state index in [-0.39, 0.29) is 17.4 Å². The molecule has 0 atom stereocenters. The summed E-state index contributed by atoms with van der Waals surface area (Å²) in [5.41, 5.74) is 3.25. The first kappa shape index (κ1) is 19.3. The predicted molar refractivity (Wildman–Crippen MR) is 105 cm³/mol. The molecule has 0 bridgehead atoms. The minimum atomic E-state index is -3.61. The van der Waals surface area contributed by atoms with E-state index < -0.39 is 10.0 Å². The molecular weight excluding hydrogens is 394 g/mol. The smallest absolute Gasteiger partial charge is 0.263 e. The molecule has 0 radical (unpaired) electrons. The Hall–Kier alpha value is -2.98. The zero-order chi connectivity index (χ0) is 20.6. The van der Waals surface area contributed by atoms with Crippen LogP contribution in [0.2, 0.25) is 0 Å². The molecule has 9 nitrogen and oxygen atoms in total. The van der Waals surface area contributed by atoms with Gasteiger partial charge in [0.1, 0.15) is 11.0 Å². The van der Waals surface area contributed by atoms with Gasteiger partial charge in [0.2, 0.25) is 10.0 Å². The second-order valence-corrected chi connectivity index (χ2v) is 9.16. The third-order valence-corrected chi connectivity index (χ3v) is 6.77. The first-order valence-corrected chi connectivity index (χ1v) is 10.6. The molecular formula is C19H21N5O4S. The molecule has 0 N–H and O–H groups in total. The van der Waals surface area contributed by atoms with Crippen molar-refractivity contribution in [3.8, 4) is 0 Å². The SMILES string of the molecule is CN(C)S(=O)(=O)c1ccc2nnn(OCC(=O)N3CCc4ccccc4C3)c2c1. The maximum absolute atomic E-state index is 12.6. The molecule has 10 heteroatoms. The average Bonchev–Trinajstić information content (AvgIpc) is 3.13. The minimum absolute atomic E-state index is 0.0983. The first-order chi connectivity index (χ1) is 13.9. The molecule has 1 aliphatic rings. The fourth-order valence-corrected chi connectivity index (χ4v) is 4.18. The third-order valence-electron chi connectivity index (χ3n) is 4.96. The van der Waals surface area contributed by atoms with Crippen molar-refractivity contribution < 1.29 is 18.0 Å². The summed E-state index contributed by atoms with van der Waals surface area (Å²) in [6, 6.07) is 12.5. The lowest BCUT2D eigenvalue weighted by atomic mass is 10.00. The largest absolute Gasteiger partial charge is 0.385 e. The quantitative estimate of drug-likeness (QED) is 0.608. The van der Waals surface area contributed by atoms with Gasteiger partial charge in [-0.15, -0.1) is 5.10 Å². The molecule has 2 aromatic carbocycles. The molecule has 29 heavy (non-hydrogen) atoms. The Morgan fingerprint density at radius 3 is 2.69 bits per heavy atom. The van der Waals surface area contributed by atoms with Crippen LogP contribution in [0.1, 0.15) is 11.1 Å². The van der Waals surface area contributed by atoms with Crippen LogP contribution in [0.5, 0.6) is 0 Å². The molecule has 0 aliphatic carbocycles. The lowest BCUT2D eigenvalue weighted by Crippen LogP contribution is -2.40. The number of aromatic nitrogens is 3. The number of hydrogen-bond donors (Lipinski definition) is 0. The molecule has 0 fully saturated rings. The van der Waals surface area contributed by atoms with Gasteiger partial charge in [0.05, 0.1) is 4.90 Å². The normalized spacial score (nSPS) is 14.2. The standard InChI is InChI=1S/C19H21N5O4S/c1-22(2)29(26,27)16-7-8-17-18(11-16)24(21-20-17)28-13-19(25)23-10-9-14-5-3-4-6-15(14)12-23/h3-8,11H,9-10,12-13H2,1-2H3. The zero-order valence-corrected chi connectivity index (χ0v) is 17.0. The molecule has 2 heterocycles. The first-order valence-electron chi connectivity index (χ1n) is 9.12. The fourth-order valence-electron chi connectivity index (χ4n) is 3.26. The van der Waals surface area contributed by atoms with Crippen molar-refractivity contribution in [1.82, 2.24) is 24.4 Å². The summed E-state index contributed by atoms with van der Waals surface area (Å²) in [7, 11) is -0.687. The molecule has 0 saturated carbocycles. The van der Waals surface area contributed by atoms with Gasteiger partial charge in [0.25, 0.3) is 5.91 Å². The second kappa shape index (κ2) is 7.45. The van der Waals surface area contributed by atoms with Crippen LogP contribution in [0.15, 0.2) is 47.4 Å². The number of carbonyl (C=O) groups excluding carboxylic acids is 1. The van der Waals surface area contributed by atoms with Crippen LogP contribution < -0.4 is 4.84 Å². The van der Waals surface area contributed by atoms with Gasteiger partial charge in [-0.25, -0.2) is 12.7 Å². The maximum atomic E-state index is 12.6. The summed E-state index contributed by atoms with van der Waals surface area (Å²) in [5, 5.41) is 7.84. The molecule has 3 aromatic rings. The molecule has 0 unspecified atom stereocenters. The summed E-state index contributed by atoms with van der Waals surface area (Å²) in [6.07, 6.45) is 0.805. The fraction of sp³-hybridized carbons (Fsp3) is 0.316. The van der Waals surface area contributed by atoms with E-state index in [2.05, 4.69) is 16.4 Å². The Labute approximate surface area is 168 Å². The molecule has 0 saturated heterocycles. The van der Waals surface area contributed by atoms with Gasteiger partial charge in [-0.1, -0.05) is 29.1 Å². The Kier molecular flexibility index (Phi) is 4.97. The number of rotatable bonds is 5. The highest BCUT2D eigenvalue weighted by Gasteiger charge is 2.22. The number of fused-ring (bicyclic) bond motifs is 2. The van der Waals surface area contributed by atoms with E-state index in [0.29, 0.717) is 24.1 Å². The molecule has 1 amide bonds. The van der Waals surface area contributed by atoms with Crippen molar-refractivity contribution in [1.29, 1.82) is 0 Å². The number of hydrogen-bond acceptors (Lipinski definition) is 6. The monoisotopic (exact) mass is 415 g/mol. The van der Waals surface area contributed by atoms with Gasteiger partial charge in [0.15, 0.2) is 6.61 Å². The number of carbonyl (C=O) groups is 1. The molecule has 0 spiro atoms. The summed E-state index contributed by atoms with van der Waals surface area (Å²) in [6.45, 7) is 0.954. The van der Waals surface area contributed by atoms with Crippen molar-refractivity contribution in [2.75, 3.05) is 27.2 Å². The van der Waals surface area contributed by atoms with Crippen molar-refractivity contribution in [2.45, 2.75) is 17.9 Å². The maximum Gasteiger partial charge on any atom is 0.263 e. The van der Waals surface area contributed by atoms with Gasteiger partial charge >= 0.3 is 0 Å². The Morgan fingerprint density at radius 1 is 1.17 bits per heavy atom. The van der Waals surface area contributed by atoms with Gasteiger partial charge in [0, 0.05) is 27.2 Å². The van der Waals surface area contributed by atoms with Crippen LogP contribution >= 0.6 is 0 Å². The van der Waals surface area contributed by atoms with Crippen LogP contribution in [-0.2, 0) is 27.8 Å². The summed E-state index contributed by atoms with van der Waals surface area (Å²) < 4.78 is 25.8. The highest BCUT2D eigenvalue weighted by molar-refractivity contribution is 7.89. The highest BCUT2D eigenvalue weighted by Crippen LogP contribution is 2.20. The Balaban J connectivity index is 1.49. The third kappa shape index (κ3) is 3.68. The summed E-state index contributed by atoms with van der Waals surface area (Å²) in [4.78, 5) is 21.1. The lowest BCUT2D eigenvalue weighted by Gasteiger charge is -2.28. The molecule has 1 aromatic heterocycles. The Bertz CT molecular complexity index is 1170. The van der Waals surface area contributed by atoms with Gasteiger partial charge in [-0.05, 0) is 41.0 Å². The number of benzene rings is 2. The number of nitrogens with zero attached hydrogens (tertiary/aromatic N) is 5. The van der Waals surface area contributed by atoms with Crippen LogP contribution in [0.3, 0.4) is 0 Å². The topological polar surface area (TPSA) is 97.6 Å². The van der Waals surface area contributed by atoms with Crippen LogP contribution in [0, 0.1) is 0 Å². The summed E-state index contributed by atoms with van der Waals surface area (Å²) in [5.74, 6) is -0.166. The van der Waals surface area contributed by atoms with E-state index in [1.165, 1.54) is 31.8 Å². The van der Waals surface area contributed by atoms with E-state index >= 15 is 0 Å². The highest BCUT2D eigenvalue weighted by atomic mass is 32.2. The zero-order valence-electron chi connectivity index (χ0n) is 16.1. The summed E-state index contributed by atoms with van der Waals surface area (Å²) >= 11 is 0. The van der Waals surface area contributed by atoms with Crippen LogP contribution in [0.4, 0.5) is 0 Å². The van der Waals surface area contributed by atoms with E-state index in [9.17, 15) is 13.2 Å². The van der Waals surface area contributed by atoms with Gasteiger partial charge < -0.3 is 9.74 Å². The number of amides is 1. The van der Waals surface area contributed by atoms with E-state index in [0.717, 1.165) is 21.1 Å². The number of sulfonamides is 1. The van der Waals surface area contributed by atoms with Crippen molar-refractivity contribution in [3.05, 3.63) is 53.6 Å².